The van der Waals surface area contributed by atoms with Crippen molar-refractivity contribution in [1.29, 1.82) is 0 Å². The van der Waals surface area contributed by atoms with Crippen LogP contribution in [0, 0.1) is 0 Å². The molecule has 2 N–H and O–H groups in total. The first-order valence-electron chi connectivity index (χ1n) is 10.3. The van der Waals surface area contributed by atoms with Gasteiger partial charge in [-0.15, -0.1) is 0 Å². The Balaban J connectivity index is 1.42. The minimum absolute atomic E-state index is 0.137. The third-order valence-electron chi connectivity index (χ3n) is 5.70. The van der Waals surface area contributed by atoms with E-state index < -0.39 is 5.60 Å². The van der Waals surface area contributed by atoms with Crippen LogP contribution < -0.4 is 5.32 Å². The number of hydrogen-bond acceptors (Lipinski definition) is 3. The molecule has 1 aromatic heterocycles. The summed E-state index contributed by atoms with van der Waals surface area (Å²) in [4.78, 5) is 16.7. The molecule has 0 spiro atoms. The van der Waals surface area contributed by atoms with E-state index in [4.69, 9.17) is 0 Å². The van der Waals surface area contributed by atoms with E-state index in [0.29, 0.717) is 12.1 Å². The predicted molar refractivity (Wildman–Crippen MR) is 114 cm³/mol. The van der Waals surface area contributed by atoms with Crippen LogP contribution in [0.1, 0.15) is 48.0 Å². The lowest BCUT2D eigenvalue weighted by molar-refractivity contribution is 0.00526. The fourth-order valence-electron chi connectivity index (χ4n) is 3.97. The Labute approximate surface area is 171 Å². The van der Waals surface area contributed by atoms with Crippen LogP contribution in [-0.4, -0.2) is 32.7 Å². The second-order valence-electron chi connectivity index (χ2n) is 7.98. The van der Waals surface area contributed by atoms with Crippen LogP contribution >= 0.6 is 0 Å². The summed E-state index contributed by atoms with van der Waals surface area (Å²) in [7, 11) is 0. The number of nitrogens with one attached hydrogen (secondary N) is 1. The third-order valence-corrected chi connectivity index (χ3v) is 5.70. The van der Waals surface area contributed by atoms with Gasteiger partial charge >= 0.3 is 0 Å². The standard InChI is InChI=1S/C24H27N3O2/c28-23(26-17-24(29)11-2-1-3-12-24)22-6-4-5-21(15-22)20-9-7-19(8-10-20)16-27-14-13-25-18-27/h4-10,13-15,18,29H,1-3,11-12,16-17H2,(H,26,28). The number of imidazole rings is 1. The zero-order valence-corrected chi connectivity index (χ0v) is 16.6. The first kappa shape index (κ1) is 19.4. The number of nitrogens with zero attached hydrogens (tertiary/aromatic N) is 2. The van der Waals surface area contributed by atoms with E-state index in [-0.39, 0.29) is 5.91 Å². The summed E-state index contributed by atoms with van der Waals surface area (Å²) in [5, 5.41) is 13.5. The van der Waals surface area contributed by atoms with E-state index in [1.165, 1.54) is 12.0 Å². The van der Waals surface area contributed by atoms with Crippen LogP contribution in [0.25, 0.3) is 11.1 Å². The summed E-state index contributed by atoms with van der Waals surface area (Å²) >= 11 is 0. The summed E-state index contributed by atoms with van der Waals surface area (Å²) in [6.45, 7) is 1.10. The van der Waals surface area contributed by atoms with Crippen LogP contribution in [0.3, 0.4) is 0 Å². The van der Waals surface area contributed by atoms with Gasteiger partial charge in [-0.05, 0) is 41.7 Å². The van der Waals surface area contributed by atoms with Crippen LogP contribution in [0.15, 0.2) is 67.3 Å². The fraction of sp³-hybridized carbons (Fsp3) is 0.333. The molecule has 0 radical (unpaired) electrons. The Bertz CT molecular complexity index is 943. The highest BCUT2D eigenvalue weighted by Gasteiger charge is 2.29. The van der Waals surface area contributed by atoms with Crippen LogP contribution in [0.2, 0.25) is 0 Å². The molecule has 29 heavy (non-hydrogen) atoms. The van der Waals surface area contributed by atoms with Crippen molar-refractivity contribution in [2.24, 2.45) is 0 Å². The van der Waals surface area contributed by atoms with Gasteiger partial charge in [-0.3, -0.25) is 4.79 Å². The lowest BCUT2D eigenvalue weighted by atomic mass is 9.85. The summed E-state index contributed by atoms with van der Waals surface area (Å²) in [5.41, 5.74) is 3.13. The number of benzene rings is 2. The van der Waals surface area contributed by atoms with Gasteiger partial charge in [-0.1, -0.05) is 55.7 Å². The van der Waals surface area contributed by atoms with E-state index in [0.717, 1.165) is 43.4 Å². The maximum atomic E-state index is 12.6. The number of aliphatic hydroxyl groups is 1. The molecule has 0 atom stereocenters. The van der Waals surface area contributed by atoms with Gasteiger partial charge in [0, 0.05) is 31.0 Å². The largest absolute Gasteiger partial charge is 0.388 e. The van der Waals surface area contributed by atoms with Crippen molar-refractivity contribution in [3.63, 3.8) is 0 Å². The second kappa shape index (κ2) is 8.62. The van der Waals surface area contributed by atoms with Crippen molar-refractivity contribution < 1.29 is 9.90 Å². The molecule has 0 bridgehead atoms. The maximum absolute atomic E-state index is 12.6. The Morgan fingerprint density at radius 3 is 2.59 bits per heavy atom. The molecule has 0 unspecified atom stereocenters. The molecule has 150 valence electrons. The minimum atomic E-state index is -0.753. The van der Waals surface area contributed by atoms with Gasteiger partial charge in [0.1, 0.15) is 0 Å². The number of hydrogen-bond donors (Lipinski definition) is 2. The van der Waals surface area contributed by atoms with Gasteiger partial charge in [-0.25, -0.2) is 4.98 Å². The number of amides is 1. The SMILES string of the molecule is O=C(NCC1(O)CCCCC1)c1cccc(-c2ccc(Cn3ccnc3)cc2)c1. The lowest BCUT2D eigenvalue weighted by Crippen LogP contribution is -2.44. The van der Waals surface area contributed by atoms with Crippen LogP contribution in [-0.2, 0) is 6.54 Å². The minimum Gasteiger partial charge on any atom is -0.388 e. The summed E-state index contributed by atoms with van der Waals surface area (Å²) in [6.07, 6.45) is 10.3. The monoisotopic (exact) mass is 389 g/mol. The second-order valence-corrected chi connectivity index (χ2v) is 7.98. The van der Waals surface area contributed by atoms with Gasteiger partial charge in [0.05, 0.1) is 11.9 Å². The normalized spacial score (nSPS) is 15.8. The van der Waals surface area contributed by atoms with E-state index in [1.54, 1.807) is 12.5 Å². The topological polar surface area (TPSA) is 67.2 Å². The molecule has 1 heterocycles. The Morgan fingerprint density at radius 2 is 1.86 bits per heavy atom. The van der Waals surface area contributed by atoms with Crippen molar-refractivity contribution in [2.75, 3.05) is 6.54 Å². The van der Waals surface area contributed by atoms with Gasteiger partial charge in [0.25, 0.3) is 5.91 Å². The highest BCUT2D eigenvalue weighted by molar-refractivity contribution is 5.95. The van der Waals surface area contributed by atoms with Gasteiger partial charge in [0.15, 0.2) is 0 Å². The molecule has 0 aliphatic heterocycles. The molecule has 1 amide bonds. The number of rotatable bonds is 6. The van der Waals surface area contributed by atoms with Gasteiger partial charge in [-0.2, -0.15) is 0 Å². The molecule has 0 saturated heterocycles. The van der Waals surface area contributed by atoms with Crippen molar-refractivity contribution in [3.05, 3.63) is 78.4 Å². The van der Waals surface area contributed by atoms with Crippen LogP contribution in [0.4, 0.5) is 0 Å². The van der Waals surface area contributed by atoms with Crippen LogP contribution in [0.5, 0.6) is 0 Å². The average Bonchev–Trinajstić information content (AvgIpc) is 3.26. The van der Waals surface area contributed by atoms with E-state index in [1.807, 2.05) is 35.0 Å². The predicted octanol–water partition coefficient (Wildman–Crippen LogP) is 4.02. The first-order chi connectivity index (χ1) is 14.1. The zero-order valence-electron chi connectivity index (χ0n) is 16.6. The Morgan fingerprint density at radius 1 is 1.07 bits per heavy atom. The number of carbonyl (C=O) groups excluding carboxylic acids is 1. The van der Waals surface area contributed by atoms with Gasteiger partial charge < -0.3 is 15.0 Å². The van der Waals surface area contributed by atoms with E-state index in [9.17, 15) is 9.90 Å². The molecule has 1 fully saturated rings. The molecule has 2 aromatic carbocycles. The average molecular weight is 389 g/mol. The Hall–Kier alpha value is -2.92. The first-order valence-corrected chi connectivity index (χ1v) is 10.3. The van der Waals surface area contributed by atoms with Crippen molar-refractivity contribution in [1.82, 2.24) is 14.9 Å². The van der Waals surface area contributed by atoms with Crippen molar-refractivity contribution in [2.45, 2.75) is 44.2 Å². The Kier molecular flexibility index (Phi) is 5.76. The third kappa shape index (κ3) is 4.93. The fourth-order valence-corrected chi connectivity index (χ4v) is 3.97. The summed E-state index contributed by atoms with van der Waals surface area (Å²) in [6, 6.07) is 16.0. The summed E-state index contributed by atoms with van der Waals surface area (Å²) < 4.78 is 2.03. The van der Waals surface area contributed by atoms with Crippen molar-refractivity contribution in [3.8, 4) is 11.1 Å². The van der Waals surface area contributed by atoms with E-state index >= 15 is 0 Å². The molecule has 1 aliphatic rings. The molecule has 3 aromatic rings. The quantitative estimate of drug-likeness (QED) is 0.669. The summed E-state index contributed by atoms with van der Waals surface area (Å²) in [5.74, 6) is -0.137. The van der Waals surface area contributed by atoms with E-state index in [2.05, 4.69) is 34.6 Å². The highest BCUT2D eigenvalue weighted by Crippen LogP contribution is 2.27. The highest BCUT2D eigenvalue weighted by atomic mass is 16.3. The molecule has 1 aliphatic carbocycles. The molecular weight excluding hydrogens is 362 g/mol. The maximum Gasteiger partial charge on any atom is 0.251 e. The molecule has 5 heteroatoms. The number of carbonyl (C=O) groups is 1. The molecule has 5 nitrogen and oxygen atoms in total. The molecular formula is C24H27N3O2. The smallest absolute Gasteiger partial charge is 0.251 e. The molecule has 4 rings (SSSR count). The number of aromatic nitrogens is 2. The van der Waals surface area contributed by atoms with Gasteiger partial charge in [0.2, 0.25) is 0 Å². The zero-order chi connectivity index (χ0) is 20.1. The lowest BCUT2D eigenvalue weighted by Gasteiger charge is -2.32. The molecule has 1 saturated carbocycles. The van der Waals surface area contributed by atoms with Crippen molar-refractivity contribution >= 4 is 5.91 Å².